The third kappa shape index (κ3) is 3.46. The number of nitrogens with zero attached hydrogens (tertiary/aromatic N) is 2. The molecular weight excluding hydrogens is 310 g/mol. The average molecular weight is 322 g/mol. The highest BCUT2D eigenvalue weighted by Crippen LogP contribution is 2.24. The Labute approximate surface area is 130 Å². The van der Waals surface area contributed by atoms with Gasteiger partial charge in [0.25, 0.3) is 0 Å². The normalized spacial score (nSPS) is 13.2. The van der Waals surface area contributed by atoms with E-state index in [2.05, 4.69) is 4.98 Å². The number of hydrogen-bond donors (Lipinski definition) is 0. The summed E-state index contributed by atoms with van der Waals surface area (Å²) in [5.74, 6) is -3.57. The van der Waals surface area contributed by atoms with Gasteiger partial charge in [0.05, 0.1) is 6.07 Å². The van der Waals surface area contributed by atoms with Crippen molar-refractivity contribution < 1.29 is 18.3 Å². The average Bonchev–Trinajstić information content (AvgIpc) is 2.90. The van der Waals surface area contributed by atoms with Gasteiger partial charge in [-0.2, -0.15) is 5.26 Å². The number of carbonyl (C=O) groups excluding carboxylic acids is 1. The van der Waals surface area contributed by atoms with E-state index in [0.29, 0.717) is 5.01 Å². The van der Waals surface area contributed by atoms with E-state index in [-0.39, 0.29) is 5.75 Å². The molecule has 1 aromatic heterocycles. The van der Waals surface area contributed by atoms with Crippen LogP contribution in [0.1, 0.15) is 23.5 Å². The van der Waals surface area contributed by atoms with Gasteiger partial charge in [-0.15, -0.1) is 11.3 Å². The van der Waals surface area contributed by atoms with Crippen LogP contribution in [0.5, 0.6) is 5.75 Å². The first kappa shape index (κ1) is 16.0. The molecule has 0 amide bonds. The van der Waals surface area contributed by atoms with Gasteiger partial charge in [-0.3, -0.25) is 4.79 Å². The van der Waals surface area contributed by atoms with Crippen molar-refractivity contribution in [3.63, 3.8) is 0 Å². The van der Waals surface area contributed by atoms with Gasteiger partial charge in [0.2, 0.25) is 0 Å². The summed E-state index contributed by atoms with van der Waals surface area (Å²) in [5.41, 5.74) is 0.724. The van der Waals surface area contributed by atoms with E-state index in [0.717, 1.165) is 17.8 Å². The Morgan fingerprint density at radius 1 is 1.41 bits per heavy atom. The highest BCUT2D eigenvalue weighted by Gasteiger charge is 2.29. The molecule has 4 nitrogen and oxygen atoms in total. The minimum absolute atomic E-state index is 0.0201. The third-order valence-corrected chi connectivity index (χ3v) is 3.93. The molecule has 0 fully saturated rings. The summed E-state index contributed by atoms with van der Waals surface area (Å²) in [5, 5.41) is 11.3. The fourth-order valence-electron chi connectivity index (χ4n) is 1.79. The number of ether oxygens (including phenoxy) is 1. The van der Waals surface area contributed by atoms with E-state index in [1.165, 1.54) is 24.3 Å². The molecule has 1 aromatic carbocycles. The first-order valence-electron chi connectivity index (χ1n) is 6.39. The fraction of sp³-hybridized carbons (Fsp3) is 0.267. The molecule has 0 N–H and O–H groups in total. The van der Waals surface area contributed by atoms with Crippen molar-refractivity contribution in [2.24, 2.45) is 0 Å². The van der Waals surface area contributed by atoms with Gasteiger partial charge in [0.1, 0.15) is 10.8 Å². The van der Waals surface area contributed by atoms with Crippen LogP contribution in [-0.4, -0.2) is 16.9 Å². The van der Waals surface area contributed by atoms with Crippen molar-refractivity contribution in [1.29, 1.82) is 5.26 Å². The zero-order chi connectivity index (χ0) is 16.3. The summed E-state index contributed by atoms with van der Waals surface area (Å²) < 4.78 is 31.3. The van der Waals surface area contributed by atoms with Gasteiger partial charge in [0, 0.05) is 17.1 Å². The van der Waals surface area contributed by atoms with Crippen molar-refractivity contribution in [2.45, 2.75) is 25.9 Å². The summed E-state index contributed by atoms with van der Waals surface area (Å²) in [6, 6.07) is 4.89. The van der Waals surface area contributed by atoms with Crippen LogP contribution in [0.15, 0.2) is 23.6 Å². The van der Waals surface area contributed by atoms with Gasteiger partial charge in [-0.05, 0) is 26.0 Å². The van der Waals surface area contributed by atoms with Crippen LogP contribution in [0, 0.1) is 29.9 Å². The first-order chi connectivity index (χ1) is 10.4. The second kappa shape index (κ2) is 6.62. The number of hydrogen-bond acceptors (Lipinski definition) is 5. The predicted molar refractivity (Wildman–Crippen MR) is 76.7 cm³/mol. The highest BCUT2D eigenvalue weighted by atomic mass is 32.1. The molecule has 1 heterocycles. The van der Waals surface area contributed by atoms with E-state index in [4.69, 9.17) is 4.74 Å². The number of aromatic nitrogens is 1. The Balaban J connectivity index is 2.14. The maximum absolute atomic E-state index is 13.1. The zero-order valence-corrected chi connectivity index (χ0v) is 12.7. The molecule has 0 saturated carbocycles. The Hall–Kier alpha value is -2.33. The number of carbonyl (C=O) groups is 1. The lowest BCUT2D eigenvalue weighted by atomic mass is 10.0. The van der Waals surface area contributed by atoms with E-state index in [1.54, 1.807) is 12.3 Å². The van der Waals surface area contributed by atoms with Crippen LogP contribution in [0.3, 0.4) is 0 Å². The van der Waals surface area contributed by atoms with Crippen molar-refractivity contribution in [3.8, 4) is 11.8 Å². The maximum Gasteiger partial charge on any atom is 0.196 e. The number of halogens is 2. The van der Waals surface area contributed by atoms with Gasteiger partial charge in [-0.1, -0.05) is 0 Å². The number of rotatable bonds is 5. The number of nitriles is 1. The predicted octanol–water partition coefficient (Wildman–Crippen LogP) is 3.37. The van der Waals surface area contributed by atoms with Crippen LogP contribution >= 0.6 is 11.3 Å². The Bertz CT molecular complexity index is 739. The quantitative estimate of drug-likeness (QED) is 0.846. The van der Waals surface area contributed by atoms with Crippen LogP contribution in [0.4, 0.5) is 8.78 Å². The highest BCUT2D eigenvalue weighted by molar-refractivity contribution is 7.09. The molecule has 2 unspecified atom stereocenters. The van der Waals surface area contributed by atoms with Crippen molar-refractivity contribution in [1.82, 2.24) is 4.98 Å². The Kier molecular flexibility index (Phi) is 4.83. The molecule has 2 rings (SSSR count). The number of aryl methyl sites for hydroxylation is 1. The third-order valence-electron chi connectivity index (χ3n) is 2.90. The van der Waals surface area contributed by atoms with Crippen molar-refractivity contribution >= 4 is 17.1 Å². The fourth-order valence-corrected chi connectivity index (χ4v) is 2.64. The second-order valence-electron chi connectivity index (χ2n) is 4.63. The van der Waals surface area contributed by atoms with Gasteiger partial charge in [-0.25, -0.2) is 13.8 Å². The van der Waals surface area contributed by atoms with E-state index in [9.17, 15) is 18.8 Å². The molecular formula is C15H12F2N2O2S. The molecule has 0 spiro atoms. The largest absolute Gasteiger partial charge is 0.483 e. The number of Topliss-reactive ketones (excluding diaryl/α,β-unsaturated/α-hetero) is 1. The summed E-state index contributed by atoms with van der Waals surface area (Å²) in [6.45, 7) is 3.22. The van der Waals surface area contributed by atoms with E-state index >= 15 is 0 Å². The number of ketones is 1. The Morgan fingerprint density at radius 2 is 2.14 bits per heavy atom. The minimum Gasteiger partial charge on any atom is -0.483 e. The SMILES string of the molecule is Cc1csc(C(C#N)C(=O)C(C)Oc2ccc(F)c(F)c2)n1. The molecule has 0 aliphatic rings. The lowest BCUT2D eigenvalue weighted by molar-refractivity contribution is -0.125. The van der Waals surface area contributed by atoms with Gasteiger partial charge >= 0.3 is 0 Å². The number of benzene rings is 1. The molecule has 22 heavy (non-hydrogen) atoms. The van der Waals surface area contributed by atoms with E-state index in [1.807, 2.05) is 6.07 Å². The monoisotopic (exact) mass is 322 g/mol. The standard InChI is InChI=1S/C15H12F2N2O2S/c1-8-7-22-15(19-8)11(6-18)14(20)9(2)21-10-3-4-12(16)13(17)5-10/h3-5,7,9,11H,1-2H3. The lowest BCUT2D eigenvalue weighted by Crippen LogP contribution is -2.28. The summed E-state index contributed by atoms with van der Waals surface area (Å²) >= 11 is 1.22. The summed E-state index contributed by atoms with van der Waals surface area (Å²) in [6.07, 6.45) is -0.987. The van der Waals surface area contributed by atoms with Gasteiger partial charge < -0.3 is 4.74 Å². The smallest absolute Gasteiger partial charge is 0.196 e. The minimum atomic E-state index is -1.07. The van der Waals surface area contributed by atoms with E-state index < -0.39 is 29.4 Å². The molecule has 2 aromatic rings. The molecule has 7 heteroatoms. The molecule has 0 aliphatic carbocycles. The Morgan fingerprint density at radius 3 is 2.68 bits per heavy atom. The molecule has 2 atom stereocenters. The summed E-state index contributed by atoms with van der Waals surface area (Å²) in [4.78, 5) is 16.4. The molecule has 0 bridgehead atoms. The topological polar surface area (TPSA) is 63.0 Å². The molecule has 0 radical (unpaired) electrons. The van der Waals surface area contributed by atoms with Crippen LogP contribution < -0.4 is 4.74 Å². The van der Waals surface area contributed by atoms with Gasteiger partial charge in [0.15, 0.2) is 29.4 Å². The summed E-state index contributed by atoms with van der Waals surface area (Å²) in [7, 11) is 0. The molecule has 114 valence electrons. The van der Waals surface area contributed by atoms with Crippen molar-refractivity contribution in [2.75, 3.05) is 0 Å². The van der Waals surface area contributed by atoms with Crippen LogP contribution in [0.25, 0.3) is 0 Å². The first-order valence-corrected chi connectivity index (χ1v) is 7.27. The van der Waals surface area contributed by atoms with Crippen LogP contribution in [0.2, 0.25) is 0 Å². The van der Waals surface area contributed by atoms with Crippen molar-refractivity contribution in [3.05, 3.63) is 45.9 Å². The van der Waals surface area contributed by atoms with Crippen LogP contribution in [-0.2, 0) is 4.79 Å². The molecule has 0 aliphatic heterocycles. The molecule has 0 saturated heterocycles. The maximum atomic E-state index is 13.1. The lowest BCUT2D eigenvalue weighted by Gasteiger charge is -2.15. The zero-order valence-electron chi connectivity index (χ0n) is 11.8. The number of thiazole rings is 1. The second-order valence-corrected chi connectivity index (χ2v) is 5.52.